The molecule has 0 unspecified atom stereocenters. The molecule has 0 atom stereocenters. The van der Waals surface area contributed by atoms with E-state index in [4.69, 9.17) is 5.73 Å². The first-order valence-electron chi connectivity index (χ1n) is 7.04. The number of nitrogens with two attached hydrogens (primary N) is 1. The zero-order valence-electron chi connectivity index (χ0n) is 13.1. The quantitative estimate of drug-likeness (QED) is 0.934. The van der Waals surface area contributed by atoms with E-state index in [0.29, 0.717) is 13.0 Å². The second-order valence-electron chi connectivity index (χ2n) is 6.29. The monoisotopic (exact) mass is 272 g/mol. The van der Waals surface area contributed by atoms with E-state index < -0.39 is 0 Å². The third-order valence-corrected chi connectivity index (χ3v) is 3.51. The van der Waals surface area contributed by atoms with Crippen LogP contribution in [0, 0.1) is 6.92 Å². The summed E-state index contributed by atoms with van der Waals surface area (Å²) in [7, 11) is 1.93. The largest absolute Gasteiger partial charge is 0.330 e. The minimum Gasteiger partial charge on any atom is -0.330 e. The van der Waals surface area contributed by atoms with E-state index in [0.717, 1.165) is 17.2 Å². The fourth-order valence-corrected chi connectivity index (χ4v) is 2.29. The highest BCUT2D eigenvalue weighted by Gasteiger charge is 2.17. The zero-order chi connectivity index (χ0) is 14.9. The van der Waals surface area contributed by atoms with Gasteiger partial charge < -0.3 is 5.73 Å². The molecule has 2 N–H and O–H groups in total. The maximum atomic E-state index is 5.57. The van der Waals surface area contributed by atoms with Gasteiger partial charge >= 0.3 is 0 Å². The Labute approximate surface area is 121 Å². The number of rotatable bonds is 3. The van der Waals surface area contributed by atoms with Crippen molar-refractivity contribution >= 4 is 0 Å². The number of aryl methyl sites for hydroxylation is 2. The second-order valence-corrected chi connectivity index (χ2v) is 6.29. The second kappa shape index (κ2) is 5.37. The molecule has 0 radical (unpaired) electrons. The molecule has 0 aliphatic rings. The summed E-state index contributed by atoms with van der Waals surface area (Å²) in [5, 5.41) is 4.41. The highest BCUT2D eigenvalue weighted by atomic mass is 15.3. The summed E-state index contributed by atoms with van der Waals surface area (Å²) < 4.78 is 1.84. The summed E-state index contributed by atoms with van der Waals surface area (Å²) in [5.41, 5.74) is 9.43. The normalized spacial score (nSPS) is 11.9. The van der Waals surface area contributed by atoms with E-state index in [1.54, 1.807) is 0 Å². The first kappa shape index (κ1) is 14.7. The molecule has 4 heteroatoms. The molecule has 0 bridgehead atoms. The van der Waals surface area contributed by atoms with Crippen LogP contribution in [-0.4, -0.2) is 21.3 Å². The summed E-state index contributed by atoms with van der Waals surface area (Å²) in [4.78, 5) is 4.59. The SMILES string of the molecule is Cc1cc(C(C)(C)C)ccc1-c1nc(CCN)nn1C. The Morgan fingerprint density at radius 1 is 1.25 bits per heavy atom. The third kappa shape index (κ3) is 2.90. The lowest BCUT2D eigenvalue weighted by Crippen LogP contribution is -2.11. The maximum Gasteiger partial charge on any atom is 0.158 e. The molecule has 2 aromatic rings. The average molecular weight is 272 g/mol. The molecule has 1 aromatic heterocycles. The van der Waals surface area contributed by atoms with E-state index >= 15 is 0 Å². The molecule has 1 aromatic carbocycles. The predicted octanol–water partition coefficient (Wildman–Crippen LogP) is 2.59. The highest BCUT2D eigenvalue weighted by Crippen LogP contribution is 2.28. The van der Waals surface area contributed by atoms with Gasteiger partial charge in [0.15, 0.2) is 11.6 Å². The van der Waals surface area contributed by atoms with Crippen LogP contribution in [0.1, 0.15) is 37.7 Å². The van der Waals surface area contributed by atoms with Gasteiger partial charge in [0.05, 0.1) is 0 Å². The van der Waals surface area contributed by atoms with Crippen molar-refractivity contribution in [3.05, 3.63) is 35.2 Å². The Hall–Kier alpha value is -1.68. The first-order chi connectivity index (χ1) is 9.32. The summed E-state index contributed by atoms with van der Waals surface area (Å²) in [6.07, 6.45) is 0.715. The summed E-state index contributed by atoms with van der Waals surface area (Å²) in [6.45, 7) is 9.38. The lowest BCUT2D eigenvalue weighted by molar-refractivity contribution is 0.590. The van der Waals surface area contributed by atoms with Crippen LogP contribution in [0.3, 0.4) is 0 Å². The third-order valence-electron chi connectivity index (χ3n) is 3.51. The van der Waals surface area contributed by atoms with Gasteiger partial charge in [-0.2, -0.15) is 5.10 Å². The van der Waals surface area contributed by atoms with Crippen LogP contribution >= 0.6 is 0 Å². The highest BCUT2D eigenvalue weighted by molar-refractivity contribution is 5.61. The van der Waals surface area contributed by atoms with Crippen molar-refractivity contribution in [2.45, 2.75) is 39.5 Å². The summed E-state index contributed by atoms with van der Waals surface area (Å²) in [6, 6.07) is 6.57. The minimum atomic E-state index is 0.161. The topological polar surface area (TPSA) is 56.7 Å². The molecule has 0 spiro atoms. The summed E-state index contributed by atoms with van der Waals surface area (Å²) >= 11 is 0. The predicted molar refractivity (Wildman–Crippen MR) is 82.6 cm³/mol. The van der Waals surface area contributed by atoms with E-state index in [-0.39, 0.29) is 5.41 Å². The van der Waals surface area contributed by atoms with Crippen LogP contribution < -0.4 is 5.73 Å². The minimum absolute atomic E-state index is 0.161. The van der Waals surface area contributed by atoms with Crippen LogP contribution in [0.15, 0.2) is 18.2 Å². The van der Waals surface area contributed by atoms with Crippen molar-refractivity contribution in [1.82, 2.24) is 14.8 Å². The van der Waals surface area contributed by atoms with Crippen molar-refractivity contribution in [2.24, 2.45) is 12.8 Å². The Bertz CT molecular complexity index is 605. The van der Waals surface area contributed by atoms with Gasteiger partial charge in [-0.1, -0.05) is 39.0 Å². The van der Waals surface area contributed by atoms with Crippen molar-refractivity contribution in [3.8, 4) is 11.4 Å². The standard InChI is InChI=1S/C16H24N4/c1-11-10-12(16(2,3)4)6-7-13(11)15-18-14(8-9-17)19-20(15)5/h6-7,10H,8-9,17H2,1-5H3. The van der Waals surface area contributed by atoms with Crippen LogP contribution in [0.4, 0.5) is 0 Å². The lowest BCUT2D eigenvalue weighted by Gasteiger charge is -2.20. The van der Waals surface area contributed by atoms with Gasteiger partial charge in [0.2, 0.25) is 0 Å². The van der Waals surface area contributed by atoms with Gasteiger partial charge in [-0.3, -0.25) is 0 Å². The number of aromatic nitrogens is 3. The van der Waals surface area contributed by atoms with Crippen molar-refractivity contribution < 1.29 is 0 Å². The maximum absolute atomic E-state index is 5.57. The van der Waals surface area contributed by atoms with E-state index in [2.05, 4.69) is 56.0 Å². The van der Waals surface area contributed by atoms with Crippen molar-refractivity contribution in [3.63, 3.8) is 0 Å². The van der Waals surface area contributed by atoms with Gasteiger partial charge in [-0.15, -0.1) is 0 Å². The Balaban J connectivity index is 2.43. The van der Waals surface area contributed by atoms with Gasteiger partial charge in [-0.25, -0.2) is 9.67 Å². The molecule has 108 valence electrons. The molecule has 4 nitrogen and oxygen atoms in total. The number of nitrogens with zero attached hydrogens (tertiary/aromatic N) is 3. The average Bonchev–Trinajstić information content (AvgIpc) is 2.69. The van der Waals surface area contributed by atoms with E-state index in [9.17, 15) is 0 Å². The van der Waals surface area contributed by atoms with Gasteiger partial charge in [0, 0.05) is 19.0 Å². The van der Waals surface area contributed by atoms with Crippen LogP contribution in [0.2, 0.25) is 0 Å². The lowest BCUT2D eigenvalue weighted by atomic mass is 9.85. The number of hydrogen-bond donors (Lipinski definition) is 1. The molecule has 0 fully saturated rings. The van der Waals surface area contributed by atoms with E-state index in [1.807, 2.05) is 11.7 Å². The van der Waals surface area contributed by atoms with Crippen molar-refractivity contribution in [2.75, 3.05) is 6.54 Å². The molecule has 0 saturated carbocycles. The fourth-order valence-electron chi connectivity index (χ4n) is 2.29. The molecule has 1 heterocycles. The van der Waals surface area contributed by atoms with Gasteiger partial charge in [-0.05, 0) is 30.0 Å². The summed E-state index contributed by atoms with van der Waals surface area (Å²) in [5.74, 6) is 1.72. The van der Waals surface area contributed by atoms with Crippen molar-refractivity contribution in [1.29, 1.82) is 0 Å². The Morgan fingerprint density at radius 3 is 2.50 bits per heavy atom. The molecular formula is C16H24N4. The molecular weight excluding hydrogens is 248 g/mol. The molecule has 0 aliphatic heterocycles. The van der Waals surface area contributed by atoms with Crippen LogP contribution in [0.25, 0.3) is 11.4 Å². The van der Waals surface area contributed by atoms with Crippen LogP contribution in [-0.2, 0) is 18.9 Å². The number of benzene rings is 1. The number of hydrogen-bond acceptors (Lipinski definition) is 3. The molecule has 0 aliphatic carbocycles. The van der Waals surface area contributed by atoms with Crippen LogP contribution in [0.5, 0.6) is 0 Å². The Morgan fingerprint density at radius 2 is 1.95 bits per heavy atom. The Kier molecular flexibility index (Phi) is 3.95. The fraction of sp³-hybridized carbons (Fsp3) is 0.500. The molecule has 2 rings (SSSR count). The van der Waals surface area contributed by atoms with Gasteiger partial charge in [0.25, 0.3) is 0 Å². The molecule has 20 heavy (non-hydrogen) atoms. The molecule has 0 amide bonds. The van der Waals surface area contributed by atoms with Gasteiger partial charge in [0.1, 0.15) is 0 Å². The zero-order valence-corrected chi connectivity index (χ0v) is 13.1. The molecule has 0 saturated heterocycles. The smallest absolute Gasteiger partial charge is 0.158 e. The first-order valence-corrected chi connectivity index (χ1v) is 7.04. The van der Waals surface area contributed by atoms with E-state index in [1.165, 1.54) is 11.1 Å².